The summed E-state index contributed by atoms with van der Waals surface area (Å²) in [6.45, 7) is 3.71. The van der Waals surface area contributed by atoms with Crippen molar-refractivity contribution >= 4 is 22.1 Å². The molecule has 62 heavy (non-hydrogen) atoms. The van der Waals surface area contributed by atoms with Gasteiger partial charge in [0.15, 0.2) is 12.4 Å². The van der Waals surface area contributed by atoms with Crippen molar-refractivity contribution in [1.82, 2.24) is 0 Å². The molecule has 4 N–H and O–H groups in total. The van der Waals surface area contributed by atoms with Crippen molar-refractivity contribution in [2.75, 3.05) is 19.0 Å². The SMILES string of the molecule is CCCCC/C=C/C/C=C/C/C=C/CCCCCCC(=O)O[C@H](COC(=O)CCCCCCCCCCC/C=C/CCCCCC)CO[C@H]1O[C@H](CS(=O)(=O)O)[C@@H](O)C(O)C1O. The first kappa shape index (κ1) is 57.6. The molecule has 1 saturated heterocycles. The Hall–Kier alpha value is -2.39. The van der Waals surface area contributed by atoms with E-state index >= 15 is 0 Å². The molecule has 12 nitrogen and oxygen atoms in total. The van der Waals surface area contributed by atoms with Gasteiger partial charge < -0.3 is 34.3 Å². The van der Waals surface area contributed by atoms with Crippen LogP contribution in [0.4, 0.5) is 0 Å². The van der Waals surface area contributed by atoms with E-state index in [0.717, 1.165) is 64.2 Å². The largest absolute Gasteiger partial charge is 0.462 e. The van der Waals surface area contributed by atoms with Gasteiger partial charge in [0, 0.05) is 12.8 Å². The zero-order valence-corrected chi connectivity index (χ0v) is 39.3. The number of aliphatic hydroxyl groups is 3. The molecule has 1 aliphatic heterocycles. The van der Waals surface area contributed by atoms with Crippen molar-refractivity contribution < 1.29 is 56.8 Å². The molecule has 0 aromatic carbocycles. The molecule has 0 bridgehead atoms. The number of aliphatic hydroxyl groups excluding tert-OH is 3. The molecule has 2 unspecified atom stereocenters. The van der Waals surface area contributed by atoms with Gasteiger partial charge >= 0.3 is 11.9 Å². The first-order valence-corrected chi connectivity index (χ1v) is 25.8. The smallest absolute Gasteiger partial charge is 0.306 e. The molecule has 0 aliphatic carbocycles. The third-order valence-corrected chi connectivity index (χ3v) is 11.6. The maximum absolute atomic E-state index is 12.8. The minimum Gasteiger partial charge on any atom is -0.462 e. The Bertz CT molecular complexity index is 1330. The Labute approximate surface area is 375 Å². The highest BCUT2D eigenvalue weighted by Gasteiger charge is 2.46. The lowest BCUT2D eigenvalue weighted by Gasteiger charge is -2.40. The molecule has 1 fully saturated rings. The average molecular weight is 899 g/mol. The van der Waals surface area contributed by atoms with Gasteiger partial charge in [-0.3, -0.25) is 14.1 Å². The molecule has 0 saturated carbocycles. The fraction of sp³-hybridized carbons (Fsp3) is 0.796. The predicted molar refractivity (Wildman–Crippen MR) is 247 cm³/mol. The maximum Gasteiger partial charge on any atom is 0.306 e. The standard InChI is InChI=1S/C49H86O12S/c1-3-5-7-9-11-13-15-17-19-21-23-25-27-29-31-33-35-37-44(50)58-39-42(40-59-49-48(54)47(53)46(52)43(61-49)41-62(55,56)57)60-45(51)38-36-34-32-30-28-26-24-22-20-18-16-14-12-10-8-6-4-2/h12-15,18,20,24,26,42-43,46-49,52-54H,3-11,16-17,19,21-23,25,27-41H2,1-2H3,(H,55,56,57)/b14-12+,15-13+,20-18+,26-24+/t42-,43-,46-,47?,48?,49+/m1/s1. The van der Waals surface area contributed by atoms with E-state index in [1.54, 1.807) is 0 Å². The molecule has 6 atom stereocenters. The number of ether oxygens (including phenoxy) is 4. The van der Waals surface area contributed by atoms with Crippen molar-refractivity contribution in [3.05, 3.63) is 48.6 Å². The molecule has 1 rings (SSSR count). The van der Waals surface area contributed by atoms with Crippen molar-refractivity contribution in [1.29, 1.82) is 0 Å². The van der Waals surface area contributed by atoms with E-state index < -0.39 is 71.2 Å². The fourth-order valence-corrected chi connectivity index (χ4v) is 7.78. The number of rotatable bonds is 40. The van der Waals surface area contributed by atoms with Crippen LogP contribution in [-0.2, 0) is 38.7 Å². The second-order valence-corrected chi connectivity index (χ2v) is 18.3. The summed E-state index contributed by atoms with van der Waals surface area (Å²) in [5.74, 6) is -2.01. The summed E-state index contributed by atoms with van der Waals surface area (Å²) in [7, 11) is -4.61. The Morgan fingerprint density at radius 3 is 1.48 bits per heavy atom. The number of esters is 2. The third kappa shape index (κ3) is 33.2. The van der Waals surface area contributed by atoms with Crippen LogP contribution in [0.15, 0.2) is 48.6 Å². The van der Waals surface area contributed by atoms with E-state index in [-0.39, 0.29) is 19.4 Å². The normalized spacial score (nSPS) is 20.3. The first-order chi connectivity index (χ1) is 30.0. The van der Waals surface area contributed by atoms with Crippen LogP contribution in [0.3, 0.4) is 0 Å². The van der Waals surface area contributed by atoms with E-state index in [9.17, 15) is 37.9 Å². The van der Waals surface area contributed by atoms with Crippen LogP contribution >= 0.6 is 0 Å². The number of carbonyl (C=O) groups is 2. The van der Waals surface area contributed by atoms with Crippen LogP contribution in [0.5, 0.6) is 0 Å². The molecule has 0 amide bonds. The quantitative estimate of drug-likeness (QED) is 0.0198. The van der Waals surface area contributed by atoms with Crippen LogP contribution in [0.1, 0.15) is 194 Å². The van der Waals surface area contributed by atoms with Gasteiger partial charge in [-0.15, -0.1) is 0 Å². The highest BCUT2D eigenvalue weighted by Crippen LogP contribution is 2.24. The average Bonchev–Trinajstić information content (AvgIpc) is 3.24. The summed E-state index contributed by atoms with van der Waals surface area (Å²) >= 11 is 0. The van der Waals surface area contributed by atoms with Crippen molar-refractivity contribution in [3.8, 4) is 0 Å². The predicted octanol–water partition coefficient (Wildman–Crippen LogP) is 10.3. The van der Waals surface area contributed by atoms with Crippen molar-refractivity contribution in [2.24, 2.45) is 0 Å². The van der Waals surface area contributed by atoms with Gasteiger partial charge in [0.05, 0.1) is 6.61 Å². The van der Waals surface area contributed by atoms with Gasteiger partial charge in [0.1, 0.15) is 36.8 Å². The van der Waals surface area contributed by atoms with Crippen LogP contribution in [0.2, 0.25) is 0 Å². The number of hydrogen-bond donors (Lipinski definition) is 4. The first-order valence-electron chi connectivity index (χ1n) is 24.2. The van der Waals surface area contributed by atoms with Crippen LogP contribution in [-0.4, -0.2) is 96.0 Å². The van der Waals surface area contributed by atoms with Crippen LogP contribution in [0.25, 0.3) is 0 Å². The maximum atomic E-state index is 12.8. The molecular formula is C49H86O12S. The second-order valence-electron chi connectivity index (χ2n) is 16.8. The summed E-state index contributed by atoms with van der Waals surface area (Å²) in [6.07, 6.45) is 37.2. The molecular weight excluding hydrogens is 813 g/mol. The van der Waals surface area contributed by atoms with Gasteiger partial charge in [-0.05, 0) is 77.0 Å². The highest BCUT2D eigenvalue weighted by atomic mass is 32.2. The fourth-order valence-electron chi connectivity index (χ4n) is 7.09. The van der Waals surface area contributed by atoms with E-state index in [4.69, 9.17) is 18.9 Å². The number of unbranched alkanes of at least 4 members (excludes halogenated alkanes) is 20. The van der Waals surface area contributed by atoms with Gasteiger partial charge in [-0.2, -0.15) is 8.42 Å². The second kappa shape index (κ2) is 39.0. The highest BCUT2D eigenvalue weighted by molar-refractivity contribution is 7.85. The van der Waals surface area contributed by atoms with E-state index in [0.29, 0.717) is 12.8 Å². The Morgan fingerprint density at radius 1 is 0.548 bits per heavy atom. The Kier molecular flexibility index (Phi) is 36.3. The lowest BCUT2D eigenvalue weighted by atomic mass is 10.00. The van der Waals surface area contributed by atoms with E-state index in [1.807, 2.05) is 0 Å². The molecule has 0 aromatic rings. The summed E-state index contributed by atoms with van der Waals surface area (Å²) in [5.41, 5.74) is 0. The Morgan fingerprint density at radius 2 is 0.968 bits per heavy atom. The number of hydrogen-bond acceptors (Lipinski definition) is 11. The Balaban J connectivity index is 2.43. The topological polar surface area (TPSA) is 186 Å². The molecule has 1 heterocycles. The molecule has 0 aromatic heterocycles. The lowest BCUT2D eigenvalue weighted by Crippen LogP contribution is -2.60. The van der Waals surface area contributed by atoms with Gasteiger partial charge in [0.25, 0.3) is 10.1 Å². The molecule has 1 aliphatic rings. The zero-order chi connectivity index (χ0) is 45.5. The van der Waals surface area contributed by atoms with Crippen LogP contribution < -0.4 is 0 Å². The summed E-state index contributed by atoms with van der Waals surface area (Å²) in [5, 5.41) is 30.9. The molecule has 13 heteroatoms. The van der Waals surface area contributed by atoms with Crippen LogP contribution in [0, 0.1) is 0 Å². The molecule has 360 valence electrons. The minimum atomic E-state index is -4.61. The van der Waals surface area contributed by atoms with Gasteiger partial charge in [0.2, 0.25) is 0 Å². The lowest BCUT2D eigenvalue weighted by molar-refractivity contribution is -0.297. The number of carbonyl (C=O) groups excluding carboxylic acids is 2. The van der Waals surface area contributed by atoms with E-state index in [2.05, 4.69) is 62.5 Å². The van der Waals surface area contributed by atoms with Gasteiger partial charge in [-0.25, -0.2) is 0 Å². The molecule has 0 radical (unpaired) electrons. The zero-order valence-electron chi connectivity index (χ0n) is 38.5. The van der Waals surface area contributed by atoms with E-state index in [1.165, 1.54) is 89.9 Å². The minimum absolute atomic E-state index is 0.138. The monoisotopic (exact) mass is 899 g/mol. The summed E-state index contributed by atoms with van der Waals surface area (Å²) in [4.78, 5) is 25.5. The van der Waals surface area contributed by atoms with Crippen molar-refractivity contribution in [2.45, 2.75) is 230 Å². The number of allylic oxidation sites excluding steroid dienone is 8. The third-order valence-electron chi connectivity index (χ3n) is 10.9. The molecule has 0 spiro atoms. The van der Waals surface area contributed by atoms with Crippen molar-refractivity contribution in [3.63, 3.8) is 0 Å². The summed E-state index contributed by atoms with van der Waals surface area (Å²) < 4.78 is 54.1. The van der Waals surface area contributed by atoms with Gasteiger partial charge in [-0.1, -0.05) is 152 Å². The summed E-state index contributed by atoms with van der Waals surface area (Å²) in [6, 6.07) is 0.